The van der Waals surface area contributed by atoms with Crippen LogP contribution in [0, 0.1) is 6.58 Å². The summed E-state index contributed by atoms with van der Waals surface area (Å²) in [5.41, 5.74) is 3.52. The Morgan fingerprint density at radius 1 is 0.722 bits per heavy atom. The molecule has 0 aliphatic carbocycles. The Labute approximate surface area is 107 Å². The van der Waals surface area contributed by atoms with E-state index in [1.165, 1.54) is 21.9 Å². The van der Waals surface area contributed by atoms with E-state index in [4.69, 9.17) is 6.58 Å². The van der Waals surface area contributed by atoms with Crippen molar-refractivity contribution < 1.29 is 0 Å². The van der Waals surface area contributed by atoms with Crippen molar-refractivity contribution in [3.05, 3.63) is 78.9 Å². The van der Waals surface area contributed by atoms with Gasteiger partial charge in [0.1, 0.15) is 0 Å². The minimum Gasteiger partial charge on any atom is -0.0617 e. The van der Waals surface area contributed by atoms with E-state index in [2.05, 4.69) is 54.6 Å². The first kappa shape index (κ1) is 10.8. The van der Waals surface area contributed by atoms with Gasteiger partial charge in [-0.25, -0.2) is 0 Å². The molecule has 0 saturated carbocycles. The summed E-state index contributed by atoms with van der Waals surface area (Å²) in [6, 6.07) is 23.1. The van der Waals surface area contributed by atoms with Crippen molar-refractivity contribution >= 4 is 16.8 Å². The normalized spacial score (nSPS) is 10.4. The molecule has 0 aromatic heterocycles. The molecule has 1 radical (unpaired) electrons. The third-order valence-corrected chi connectivity index (χ3v) is 3.20. The van der Waals surface area contributed by atoms with Crippen molar-refractivity contribution in [2.24, 2.45) is 0 Å². The van der Waals surface area contributed by atoms with Crippen LogP contribution < -0.4 is 0 Å². The van der Waals surface area contributed by atoms with Crippen molar-refractivity contribution in [3.8, 4) is 11.1 Å². The lowest BCUT2D eigenvalue weighted by Crippen LogP contribution is -1.81. The molecule has 3 aromatic carbocycles. The minimum absolute atomic E-state index is 1.04. The summed E-state index contributed by atoms with van der Waals surface area (Å²) >= 11 is 0. The van der Waals surface area contributed by atoms with Gasteiger partial charge >= 0.3 is 0 Å². The highest BCUT2D eigenvalue weighted by Gasteiger charge is 2.02. The standard InChI is InChI=1S/C18H13/c1-2-14-10-12-16(13-11-14)18-9-5-7-15-6-3-4-8-17(15)18/h1-13H. The molecule has 0 bridgehead atoms. The zero-order valence-electron chi connectivity index (χ0n) is 10.0. The van der Waals surface area contributed by atoms with Gasteiger partial charge in [0.05, 0.1) is 0 Å². The maximum Gasteiger partial charge on any atom is -0.0105 e. The van der Waals surface area contributed by atoms with Crippen molar-refractivity contribution in [2.75, 3.05) is 0 Å². The number of fused-ring (bicyclic) bond motifs is 1. The fourth-order valence-electron chi connectivity index (χ4n) is 2.25. The van der Waals surface area contributed by atoms with Crippen LogP contribution in [-0.4, -0.2) is 0 Å². The highest BCUT2D eigenvalue weighted by Crippen LogP contribution is 2.28. The molecule has 0 aliphatic rings. The Balaban J connectivity index is 2.21. The number of hydrogen-bond acceptors (Lipinski definition) is 0. The van der Waals surface area contributed by atoms with E-state index in [9.17, 15) is 0 Å². The average molecular weight is 229 g/mol. The Morgan fingerprint density at radius 3 is 2.22 bits per heavy atom. The zero-order valence-corrected chi connectivity index (χ0v) is 10.0. The third-order valence-electron chi connectivity index (χ3n) is 3.20. The van der Waals surface area contributed by atoms with Crippen LogP contribution in [0.3, 0.4) is 0 Å². The van der Waals surface area contributed by atoms with Gasteiger partial charge in [-0.05, 0) is 27.5 Å². The van der Waals surface area contributed by atoms with Crippen LogP contribution in [0.25, 0.3) is 28.0 Å². The molecule has 0 unspecified atom stereocenters. The first-order valence-electron chi connectivity index (χ1n) is 6.01. The predicted molar refractivity (Wildman–Crippen MR) is 78.1 cm³/mol. The van der Waals surface area contributed by atoms with Gasteiger partial charge < -0.3 is 0 Å². The van der Waals surface area contributed by atoms with Crippen molar-refractivity contribution in [3.63, 3.8) is 0 Å². The number of benzene rings is 3. The topological polar surface area (TPSA) is 0 Å². The molecule has 0 nitrogen and oxygen atoms in total. The summed E-state index contributed by atoms with van der Waals surface area (Å²) in [6.07, 6.45) is 1.62. The van der Waals surface area contributed by atoms with Crippen LogP contribution in [0.5, 0.6) is 0 Å². The predicted octanol–water partition coefficient (Wildman–Crippen LogP) is 4.95. The van der Waals surface area contributed by atoms with Gasteiger partial charge in [-0.2, -0.15) is 0 Å². The van der Waals surface area contributed by atoms with Gasteiger partial charge in [0.15, 0.2) is 0 Å². The highest BCUT2D eigenvalue weighted by atomic mass is 14.1. The molecule has 0 amide bonds. The van der Waals surface area contributed by atoms with Crippen LogP contribution in [0.1, 0.15) is 5.56 Å². The zero-order chi connectivity index (χ0) is 12.4. The van der Waals surface area contributed by atoms with Gasteiger partial charge in [-0.1, -0.05) is 79.4 Å². The van der Waals surface area contributed by atoms with E-state index in [1.54, 1.807) is 6.08 Å². The summed E-state index contributed by atoms with van der Waals surface area (Å²) in [7, 11) is 0. The van der Waals surface area contributed by atoms with Crippen molar-refractivity contribution in [1.82, 2.24) is 0 Å². The molecular formula is C18H13. The average Bonchev–Trinajstić information content (AvgIpc) is 2.47. The molecule has 3 rings (SSSR count). The lowest BCUT2D eigenvalue weighted by atomic mass is 9.97. The minimum atomic E-state index is 1.04. The fraction of sp³-hybridized carbons (Fsp3) is 0. The van der Waals surface area contributed by atoms with Gasteiger partial charge in [-0.3, -0.25) is 0 Å². The van der Waals surface area contributed by atoms with E-state index < -0.39 is 0 Å². The molecule has 0 heteroatoms. The summed E-state index contributed by atoms with van der Waals surface area (Å²) < 4.78 is 0. The summed E-state index contributed by atoms with van der Waals surface area (Å²) in [5, 5.41) is 2.55. The third kappa shape index (κ3) is 1.82. The Bertz CT molecular complexity index is 685. The van der Waals surface area contributed by atoms with E-state index in [0.717, 1.165) is 5.56 Å². The van der Waals surface area contributed by atoms with E-state index in [1.807, 2.05) is 12.1 Å². The quantitative estimate of drug-likeness (QED) is 0.583. The molecular weight excluding hydrogens is 216 g/mol. The Hall–Kier alpha value is -2.34. The van der Waals surface area contributed by atoms with Crippen LogP contribution in [0.4, 0.5) is 0 Å². The Kier molecular flexibility index (Phi) is 2.70. The molecule has 0 aliphatic heterocycles. The van der Waals surface area contributed by atoms with Crippen molar-refractivity contribution in [2.45, 2.75) is 0 Å². The molecule has 18 heavy (non-hydrogen) atoms. The molecule has 3 aromatic rings. The SMILES string of the molecule is [CH]=Cc1ccc(-c2cccc3ccccc23)cc1. The van der Waals surface area contributed by atoms with Gasteiger partial charge in [-0.15, -0.1) is 0 Å². The molecule has 0 fully saturated rings. The molecule has 85 valence electrons. The lowest BCUT2D eigenvalue weighted by molar-refractivity contribution is 1.62. The lowest BCUT2D eigenvalue weighted by Gasteiger charge is -2.07. The van der Waals surface area contributed by atoms with Gasteiger partial charge in [0, 0.05) is 0 Å². The van der Waals surface area contributed by atoms with Crippen LogP contribution >= 0.6 is 0 Å². The largest absolute Gasteiger partial charge is 0.0617 e. The monoisotopic (exact) mass is 229 g/mol. The van der Waals surface area contributed by atoms with Crippen molar-refractivity contribution in [1.29, 1.82) is 0 Å². The van der Waals surface area contributed by atoms with Crippen LogP contribution in [0.15, 0.2) is 66.7 Å². The summed E-state index contributed by atoms with van der Waals surface area (Å²) in [5.74, 6) is 0. The van der Waals surface area contributed by atoms with E-state index in [-0.39, 0.29) is 0 Å². The van der Waals surface area contributed by atoms with Gasteiger partial charge in [0.25, 0.3) is 0 Å². The highest BCUT2D eigenvalue weighted by molar-refractivity contribution is 5.96. The molecule has 0 saturated heterocycles. The van der Waals surface area contributed by atoms with Gasteiger partial charge in [0.2, 0.25) is 0 Å². The maximum atomic E-state index is 5.50. The Morgan fingerprint density at radius 2 is 1.44 bits per heavy atom. The smallest absolute Gasteiger partial charge is 0.0105 e. The second kappa shape index (κ2) is 4.50. The van der Waals surface area contributed by atoms with E-state index in [0.29, 0.717) is 0 Å². The number of rotatable bonds is 2. The maximum absolute atomic E-state index is 5.50. The summed E-state index contributed by atoms with van der Waals surface area (Å²) in [4.78, 5) is 0. The second-order valence-electron chi connectivity index (χ2n) is 4.32. The second-order valence-corrected chi connectivity index (χ2v) is 4.32. The fourth-order valence-corrected chi connectivity index (χ4v) is 2.25. The van der Waals surface area contributed by atoms with E-state index >= 15 is 0 Å². The molecule has 0 atom stereocenters. The molecule has 0 spiro atoms. The van der Waals surface area contributed by atoms with Crippen LogP contribution in [0.2, 0.25) is 0 Å². The molecule has 0 N–H and O–H groups in total. The van der Waals surface area contributed by atoms with Crippen LogP contribution in [-0.2, 0) is 0 Å². The first-order valence-corrected chi connectivity index (χ1v) is 6.01. The molecule has 0 heterocycles. The first-order chi connectivity index (χ1) is 8.88. The number of hydrogen-bond donors (Lipinski definition) is 0. The summed E-state index contributed by atoms with van der Waals surface area (Å²) in [6.45, 7) is 5.50.